The lowest BCUT2D eigenvalue weighted by Crippen LogP contribution is -2.28. The van der Waals surface area contributed by atoms with Crippen LogP contribution in [0, 0.1) is 0 Å². The molecule has 5 N–H and O–H groups in total. The minimum absolute atomic E-state index is 0.252. The van der Waals surface area contributed by atoms with E-state index in [-0.39, 0.29) is 17.3 Å². The van der Waals surface area contributed by atoms with E-state index in [1.165, 1.54) is 6.07 Å². The third-order valence-corrected chi connectivity index (χ3v) is 6.39. The number of carbonyl (C=O) groups is 3. The summed E-state index contributed by atoms with van der Waals surface area (Å²) in [4.78, 5) is 39.4. The van der Waals surface area contributed by atoms with E-state index in [0.717, 1.165) is 37.6 Å². The summed E-state index contributed by atoms with van der Waals surface area (Å²) >= 11 is 0. The van der Waals surface area contributed by atoms with Crippen molar-refractivity contribution >= 4 is 40.2 Å². The molecule has 3 aromatic carbocycles. The lowest BCUT2D eigenvalue weighted by molar-refractivity contribution is -0.110. The Balaban J connectivity index is 1.43. The van der Waals surface area contributed by atoms with Crippen LogP contribution >= 0.6 is 0 Å². The average molecular weight is 498 g/mol. The fourth-order valence-corrected chi connectivity index (χ4v) is 4.20. The van der Waals surface area contributed by atoms with Gasteiger partial charge in [0.1, 0.15) is 0 Å². The maximum atomic E-state index is 13.0. The largest absolute Gasteiger partial charge is 0.384 e. The molecule has 0 saturated carbocycles. The standard InChI is InChI=1S/C29H31N5O3/c1-3-34(4-2)15-14-31-22-9-11-23(12-10-22)32-18-25-24-13-8-20(17-26(24)33-29(25)37)27(35)19-6-5-7-21(16-19)28(30)36/h5-13,16-18,31-32H,3-4,14-15H2,1-2H3,(H2,30,36)(H,33,37)/b25-18-. The van der Waals surface area contributed by atoms with Gasteiger partial charge in [0.2, 0.25) is 5.91 Å². The van der Waals surface area contributed by atoms with Gasteiger partial charge >= 0.3 is 0 Å². The van der Waals surface area contributed by atoms with Crippen molar-refractivity contribution in [2.24, 2.45) is 5.73 Å². The van der Waals surface area contributed by atoms with E-state index >= 15 is 0 Å². The topological polar surface area (TPSA) is 117 Å². The highest BCUT2D eigenvalue weighted by Gasteiger charge is 2.25. The van der Waals surface area contributed by atoms with Gasteiger partial charge in [-0.05, 0) is 55.6 Å². The molecule has 190 valence electrons. The number of primary amides is 1. The smallest absolute Gasteiger partial charge is 0.257 e. The van der Waals surface area contributed by atoms with Crippen molar-refractivity contribution in [3.63, 3.8) is 0 Å². The molecule has 0 aromatic heterocycles. The van der Waals surface area contributed by atoms with Crippen LogP contribution in [0.15, 0.2) is 72.9 Å². The molecule has 8 nitrogen and oxygen atoms in total. The Bertz CT molecular complexity index is 1340. The van der Waals surface area contributed by atoms with E-state index in [2.05, 4.69) is 34.7 Å². The molecule has 2 amide bonds. The zero-order valence-corrected chi connectivity index (χ0v) is 21.0. The first-order valence-corrected chi connectivity index (χ1v) is 12.3. The summed E-state index contributed by atoms with van der Waals surface area (Å²) in [5, 5.41) is 9.44. The molecule has 37 heavy (non-hydrogen) atoms. The second-order valence-electron chi connectivity index (χ2n) is 8.72. The number of amides is 2. The van der Waals surface area contributed by atoms with Crippen LogP contribution in [-0.4, -0.2) is 48.7 Å². The first-order chi connectivity index (χ1) is 17.9. The van der Waals surface area contributed by atoms with Gasteiger partial charge in [0, 0.05) is 58.6 Å². The first kappa shape index (κ1) is 25.7. The number of rotatable bonds is 11. The Morgan fingerprint density at radius 2 is 1.59 bits per heavy atom. The van der Waals surface area contributed by atoms with Crippen LogP contribution in [0.25, 0.3) is 5.57 Å². The molecule has 1 heterocycles. The van der Waals surface area contributed by atoms with E-state index in [1.807, 2.05) is 24.3 Å². The van der Waals surface area contributed by atoms with Crippen LogP contribution in [0.1, 0.15) is 45.7 Å². The van der Waals surface area contributed by atoms with Crippen LogP contribution in [0.5, 0.6) is 0 Å². The van der Waals surface area contributed by atoms with Gasteiger partial charge in [0.15, 0.2) is 5.78 Å². The molecule has 1 aliphatic rings. The first-order valence-electron chi connectivity index (χ1n) is 12.3. The molecule has 0 atom stereocenters. The van der Waals surface area contributed by atoms with Crippen LogP contribution in [-0.2, 0) is 4.79 Å². The number of ketones is 1. The summed E-state index contributed by atoms with van der Waals surface area (Å²) in [5.74, 6) is -1.11. The molecule has 0 bridgehead atoms. The van der Waals surface area contributed by atoms with Crippen LogP contribution in [0.3, 0.4) is 0 Å². The minimum Gasteiger partial charge on any atom is -0.384 e. The summed E-state index contributed by atoms with van der Waals surface area (Å²) in [7, 11) is 0. The number of hydrogen-bond acceptors (Lipinski definition) is 6. The van der Waals surface area contributed by atoms with E-state index < -0.39 is 5.91 Å². The second kappa shape index (κ2) is 11.5. The van der Waals surface area contributed by atoms with Crippen molar-refractivity contribution in [1.29, 1.82) is 0 Å². The van der Waals surface area contributed by atoms with Gasteiger partial charge < -0.3 is 26.6 Å². The quantitative estimate of drug-likeness (QED) is 0.233. The van der Waals surface area contributed by atoms with Gasteiger partial charge in [0.25, 0.3) is 5.91 Å². The number of anilines is 3. The number of fused-ring (bicyclic) bond motifs is 1. The summed E-state index contributed by atoms with van der Waals surface area (Å²) in [6.07, 6.45) is 1.67. The van der Waals surface area contributed by atoms with Gasteiger partial charge in [-0.25, -0.2) is 0 Å². The summed E-state index contributed by atoms with van der Waals surface area (Å²) in [5.41, 5.74) is 9.97. The predicted molar refractivity (Wildman–Crippen MR) is 148 cm³/mol. The number of benzene rings is 3. The Hall–Kier alpha value is -4.43. The van der Waals surface area contributed by atoms with E-state index in [4.69, 9.17) is 5.73 Å². The summed E-state index contributed by atoms with van der Waals surface area (Å²) in [6, 6.07) is 19.2. The van der Waals surface area contributed by atoms with Gasteiger partial charge in [-0.15, -0.1) is 0 Å². The maximum Gasteiger partial charge on any atom is 0.257 e. The van der Waals surface area contributed by atoms with Crippen molar-refractivity contribution in [2.45, 2.75) is 13.8 Å². The molecule has 0 aliphatic carbocycles. The molecular formula is C29H31N5O3. The predicted octanol–water partition coefficient (Wildman–Crippen LogP) is 4.18. The van der Waals surface area contributed by atoms with Gasteiger partial charge in [-0.2, -0.15) is 0 Å². The Morgan fingerprint density at radius 1 is 0.919 bits per heavy atom. The van der Waals surface area contributed by atoms with Crippen LogP contribution in [0.4, 0.5) is 17.1 Å². The average Bonchev–Trinajstić information content (AvgIpc) is 3.24. The molecule has 0 radical (unpaired) electrons. The lowest BCUT2D eigenvalue weighted by atomic mass is 9.98. The minimum atomic E-state index is -0.598. The van der Waals surface area contributed by atoms with Gasteiger partial charge in [-0.3, -0.25) is 14.4 Å². The van der Waals surface area contributed by atoms with Crippen molar-refractivity contribution in [1.82, 2.24) is 4.90 Å². The number of hydrogen-bond donors (Lipinski definition) is 4. The highest BCUT2D eigenvalue weighted by molar-refractivity contribution is 6.32. The monoisotopic (exact) mass is 497 g/mol. The van der Waals surface area contributed by atoms with E-state index in [1.54, 1.807) is 42.6 Å². The molecule has 0 spiro atoms. The van der Waals surface area contributed by atoms with Crippen LogP contribution in [0.2, 0.25) is 0 Å². The molecule has 0 saturated heterocycles. The summed E-state index contributed by atoms with van der Waals surface area (Å²) in [6.45, 7) is 8.25. The third-order valence-electron chi connectivity index (χ3n) is 6.39. The Labute approximate surface area is 216 Å². The molecule has 0 fully saturated rings. The Kier molecular flexibility index (Phi) is 8.00. The third kappa shape index (κ3) is 6.05. The molecule has 3 aromatic rings. The van der Waals surface area contributed by atoms with Gasteiger partial charge in [0.05, 0.1) is 5.57 Å². The Morgan fingerprint density at radius 3 is 2.30 bits per heavy atom. The normalized spacial score (nSPS) is 13.4. The number of nitrogens with two attached hydrogens (primary N) is 1. The zero-order chi connectivity index (χ0) is 26.4. The lowest BCUT2D eigenvalue weighted by Gasteiger charge is -2.18. The van der Waals surface area contributed by atoms with Crippen molar-refractivity contribution in [2.75, 3.05) is 42.1 Å². The highest BCUT2D eigenvalue weighted by atomic mass is 16.2. The number of likely N-dealkylation sites (N-methyl/N-ethyl adjacent to an activating group) is 1. The van der Waals surface area contributed by atoms with Crippen molar-refractivity contribution < 1.29 is 14.4 Å². The molecule has 4 rings (SSSR count). The molecule has 0 unspecified atom stereocenters. The highest BCUT2D eigenvalue weighted by Crippen LogP contribution is 2.33. The van der Waals surface area contributed by atoms with E-state index in [0.29, 0.717) is 28.0 Å². The zero-order valence-electron chi connectivity index (χ0n) is 21.0. The maximum absolute atomic E-state index is 13.0. The number of nitrogens with zero attached hydrogens (tertiary/aromatic N) is 1. The van der Waals surface area contributed by atoms with Gasteiger partial charge in [-0.1, -0.05) is 38.1 Å². The fourth-order valence-electron chi connectivity index (χ4n) is 4.20. The van der Waals surface area contributed by atoms with E-state index in [9.17, 15) is 14.4 Å². The molecule has 1 aliphatic heterocycles. The van der Waals surface area contributed by atoms with Crippen LogP contribution < -0.4 is 21.7 Å². The molecule has 8 heteroatoms. The second-order valence-corrected chi connectivity index (χ2v) is 8.72. The molecular weight excluding hydrogens is 466 g/mol. The summed E-state index contributed by atoms with van der Waals surface area (Å²) < 4.78 is 0. The number of carbonyl (C=O) groups excluding carboxylic acids is 3. The van der Waals surface area contributed by atoms with Crippen molar-refractivity contribution in [3.8, 4) is 0 Å². The van der Waals surface area contributed by atoms with Crippen molar-refractivity contribution in [3.05, 3.63) is 95.2 Å². The number of nitrogens with one attached hydrogen (secondary N) is 3. The SMILES string of the molecule is CCN(CC)CCNc1ccc(N/C=C2\C(=O)Nc3cc(C(=O)c4cccc(C(N)=O)c4)ccc32)cc1. The fraction of sp³-hybridized carbons (Fsp3) is 0.207.